The summed E-state index contributed by atoms with van der Waals surface area (Å²) in [5, 5.41) is 17.6. The molecule has 174 valence electrons. The summed E-state index contributed by atoms with van der Waals surface area (Å²) in [4.78, 5) is 17.5. The van der Waals surface area contributed by atoms with Gasteiger partial charge in [-0.2, -0.15) is 0 Å². The van der Waals surface area contributed by atoms with Crippen molar-refractivity contribution < 1.29 is 14.4 Å². The molecule has 0 radical (unpaired) electrons. The van der Waals surface area contributed by atoms with E-state index in [9.17, 15) is 10.1 Å². The summed E-state index contributed by atoms with van der Waals surface area (Å²) in [6.45, 7) is 7.52. The molecule has 1 atom stereocenters. The van der Waals surface area contributed by atoms with Gasteiger partial charge in [0.15, 0.2) is 5.96 Å². The smallest absolute Gasteiger partial charge is 0.269 e. The quantitative estimate of drug-likeness (QED) is 0.122. The van der Waals surface area contributed by atoms with Crippen molar-refractivity contribution in [2.75, 3.05) is 52.5 Å². The number of non-ortho nitro benzene ring substituents is 1. The summed E-state index contributed by atoms with van der Waals surface area (Å²) < 4.78 is 11.2. The molecule has 2 heterocycles. The van der Waals surface area contributed by atoms with Crippen LogP contribution in [-0.2, 0) is 16.0 Å². The zero-order valence-corrected chi connectivity index (χ0v) is 20.3. The predicted molar refractivity (Wildman–Crippen MR) is 131 cm³/mol. The number of hydrogen-bond donors (Lipinski definition) is 2. The first-order valence-electron chi connectivity index (χ1n) is 10.9. The average Bonchev–Trinajstić information content (AvgIpc) is 2.79. The third-order valence-corrected chi connectivity index (χ3v) is 5.39. The zero-order valence-electron chi connectivity index (χ0n) is 18.0. The highest BCUT2D eigenvalue weighted by molar-refractivity contribution is 14.0. The molecule has 1 aromatic rings. The van der Waals surface area contributed by atoms with E-state index in [0.717, 1.165) is 83.3 Å². The van der Waals surface area contributed by atoms with E-state index < -0.39 is 0 Å². The monoisotopic (exact) mass is 547 g/mol. The topological polar surface area (TPSA) is 101 Å². The molecule has 0 amide bonds. The van der Waals surface area contributed by atoms with Crippen LogP contribution in [0.15, 0.2) is 29.3 Å². The van der Waals surface area contributed by atoms with Crippen LogP contribution in [0.2, 0.25) is 0 Å². The minimum Gasteiger partial charge on any atom is -0.379 e. The molecule has 1 unspecified atom stereocenters. The Bertz CT molecular complexity index is 677. The van der Waals surface area contributed by atoms with Gasteiger partial charge in [-0.15, -0.1) is 24.0 Å². The largest absolute Gasteiger partial charge is 0.379 e. The van der Waals surface area contributed by atoms with Gasteiger partial charge in [-0.3, -0.25) is 15.0 Å². The average molecular weight is 547 g/mol. The Balaban J connectivity index is 0.00000341. The number of ether oxygens (including phenoxy) is 2. The van der Waals surface area contributed by atoms with Crippen LogP contribution < -0.4 is 10.6 Å². The highest BCUT2D eigenvalue weighted by atomic mass is 127. The van der Waals surface area contributed by atoms with Crippen LogP contribution >= 0.6 is 24.0 Å². The van der Waals surface area contributed by atoms with E-state index in [2.05, 4.69) is 20.5 Å². The Morgan fingerprint density at radius 3 is 2.61 bits per heavy atom. The third-order valence-electron chi connectivity index (χ3n) is 5.39. The molecule has 0 bridgehead atoms. The molecule has 0 spiro atoms. The first kappa shape index (κ1) is 25.8. The maximum Gasteiger partial charge on any atom is 0.269 e. The molecular formula is C21H34IN5O4. The van der Waals surface area contributed by atoms with Crippen LogP contribution in [0, 0.1) is 10.1 Å². The first-order chi connectivity index (χ1) is 14.7. The molecule has 0 aliphatic carbocycles. The van der Waals surface area contributed by atoms with E-state index in [1.165, 1.54) is 18.6 Å². The summed E-state index contributed by atoms with van der Waals surface area (Å²) in [6.07, 6.45) is 4.66. The molecule has 3 rings (SSSR count). The summed E-state index contributed by atoms with van der Waals surface area (Å²) in [5.41, 5.74) is 1.03. The number of aliphatic imine (C=N–C) groups is 1. The number of nitrogens with zero attached hydrogens (tertiary/aromatic N) is 3. The standard InChI is InChI=1S/C21H33N5O4.HI/c27-26(28)19-7-5-18(6-8-19)16-23-21(24-17-20-4-1-2-13-30-20)22-9-3-10-25-11-14-29-15-12-25;/h5-8,20H,1-4,9-17H2,(H2,22,23,24);1H. The number of hydrogen-bond acceptors (Lipinski definition) is 6. The lowest BCUT2D eigenvalue weighted by Gasteiger charge is -2.26. The van der Waals surface area contributed by atoms with Crippen LogP contribution in [0.3, 0.4) is 0 Å². The lowest BCUT2D eigenvalue weighted by Crippen LogP contribution is -2.44. The lowest BCUT2D eigenvalue weighted by atomic mass is 10.1. The number of guanidine groups is 1. The van der Waals surface area contributed by atoms with Crippen molar-refractivity contribution in [1.29, 1.82) is 0 Å². The zero-order chi connectivity index (χ0) is 21.0. The fourth-order valence-corrected chi connectivity index (χ4v) is 3.58. The van der Waals surface area contributed by atoms with Crippen molar-refractivity contribution in [2.45, 2.75) is 38.3 Å². The lowest BCUT2D eigenvalue weighted by molar-refractivity contribution is -0.384. The van der Waals surface area contributed by atoms with Gasteiger partial charge in [0.05, 0.1) is 30.8 Å². The highest BCUT2D eigenvalue weighted by Gasteiger charge is 2.14. The van der Waals surface area contributed by atoms with Crippen LogP contribution in [0.4, 0.5) is 5.69 Å². The molecule has 2 aliphatic heterocycles. The summed E-state index contributed by atoms with van der Waals surface area (Å²) in [7, 11) is 0. The highest BCUT2D eigenvalue weighted by Crippen LogP contribution is 2.13. The van der Waals surface area contributed by atoms with E-state index in [4.69, 9.17) is 9.47 Å². The molecule has 2 N–H and O–H groups in total. The molecule has 31 heavy (non-hydrogen) atoms. The van der Waals surface area contributed by atoms with E-state index >= 15 is 0 Å². The van der Waals surface area contributed by atoms with Crippen molar-refractivity contribution in [3.63, 3.8) is 0 Å². The number of halogens is 1. The van der Waals surface area contributed by atoms with Crippen molar-refractivity contribution in [2.24, 2.45) is 4.99 Å². The van der Waals surface area contributed by atoms with E-state index in [0.29, 0.717) is 6.54 Å². The van der Waals surface area contributed by atoms with E-state index in [1.807, 2.05) is 0 Å². The number of morpholine rings is 1. The Morgan fingerprint density at radius 2 is 1.94 bits per heavy atom. The predicted octanol–water partition coefficient (Wildman–Crippen LogP) is 2.54. The number of benzene rings is 1. The molecule has 10 heteroatoms. The molecule has 2 saturated heterocycles. The Labute approximate surface area is 201 Å². The molecule has 1 aromatic carbocycles. The van der Waals surface area contributed by atoms with Crippen LogP contribution in [0.1, 0.15) is 31.2 Å². The van der Waals surface area contributed by atoms with Gasteiger partial charge >= 0.3 is 0 Å². The number of nitrogens with one attached hydrogen (secondary N) is 2. The maximum atomic E-state index is 10.8. The van der Waals surface area contributed by atoms with Gasteiger partial charge in [-0.1, -0.05) is 12.1 Å². The minimum absolute atomic E-state index is 0. The molecule has 2 fully saturated rings. The maximum absolute atomic E-state index is 10.8. The van der Waals surface area contributed by atoms with Gasteiger partial charge in [0.2, 0.25) is 0 Å². The Morgan fingerprint density at radius 1 is 1.16 bits per heavy atom. The van der Waals surface area contributed by atoms with Crippen molar-refractivity contribution in [3.05, 3.63) is 39.9 Å². The normalized spacial score (nSPS) is 20.0. The Hall–Kier alpha value is -1.50. The van der Waals surface area contributed by atoms with Gasteiger partial charge in [0.1, 0.15) is 0 Å². The van der Waals surface area contributed by atoms with Crippen molar-refractivity contribution >= 4 is 35.6 Å². The van der Waals surface area contributed by atoms with Crippen LogP contribution in [-0.4, -0.2) is 74.4 Å². The molecule has 9 nitrogen and oxygen atoms in total. The van der Waals surface area contributed by atoms with Crippen LogP contribution in [0.5, 0.6) is 0 Å². The summed E-state index contributed by atoms with van der Waals surface area (Å²) >= 11 is 0. The molecule has 0 aromatic heterocycles. The second kappa shape index (κ2) is 14.5. The minimum atomic E-state index is -0.389. The van der Waals surface area contributed by atoms with E-state index in [1.54, 1.807) is 12.1 Å². The van der Waals surface area contributed by atoms with Crippen molar-refractivity contribution in [1.82, 2.24) is 15.5 Å². The summed E-state index contributed by atoms with van der Waals surface area (Å²) in [6, 6.07) is 6.54. The number of nitro groups is 1. The third kappa shape index (κ3) is 9.67. The van der Waals surface area contributed by atoms with Crippen molar-refractivity contribution in [3.8, 4) is 0 Å². The van der Waals surface area contributed by atoms with Gasteiger partial charge in [-0.25, -0.2) is 4.99 Å². The molecular weight excluding hydrogens is 513 g/mol. The number of rotatable bonds is 9. The Kier molecular flexibility index (Phi) is 12.1. The van der Waals surface area contributed by atoms with Gasteiger partial charge in [-0.05, 0) is 37.8 Å². The second-order valence-corrected chi connectivity index (χ2v) is 7.69. The van der Waals surface area contributed by atoms with Gasteiger partial charge in [0, 0.05) is 44.9 Å². The fraction of sp³-hybridized carbons (Fsp3) is 0.667. The first-order valence-corrected chi connectivity index (χ1v) is 10.9. The number of nitro benzene ring substituents is 1. The van der Waals surface area contributed by atoms with Crippen LogP contribution in [0.25, 0.3) is 0 Å². The van der Waals surface area contributed by atoms with Gasteiger partial charge < -0.3 is 20.1 Å². The van der Waals surface area contributed by atoms with E-state index in [-0.39, 0.29) is 40.7 Å². The molecule has 2 aliphatic rings. The van der Waals surface area contributed by atoms with Gasteiger partial charge in [0.25, 0.3) is 5.69 Å². The molecule has 0 saturated carbocycles. The SMILES string of the molecule is I.O=[N+]([O-])c1ccc(CN=C(NCCCN2CCOCC2)NCC2CCCCO2)cc1. The second-order valence-electron chi connectivity index (χ2n) is 7.69. The summed E-state index contributed by atoms with van der Waals surface area (Å²) in [5.74, 6) is 0.754. The fourth-order valence-electron chi connectivity index (χ4n) is 3.58.